The van der Waals surface area contributed by atoms with Crippen LogP contribution >= 0.6 is 45.3 Å². The first-order valence-corrected chi connectivity index (χ1v) is 9.67. The molecule has 1 nitrogen and oxygen atoms in total. The highest BCUT2D eigenvalue weighted by Crippen LogP contribution is 2.37. The molecule has 0 spiro atoms. The highest BCUT2D eigenvalue weighted by atomic mass is 127. The van der Waals surface area contributed by atoms with Crippen LogP contribution < -0.4 is 0 Å². The molecule has 0 saturated heterocycles. The largest absolute Gasteiger partial charge is 0.308 e. The van der Waals surface area contributed by atoms with Crippen LogP contribution in [0.3, 0.4) is 0 Å². The standard InChI is InChI=1S/C18H12INS2/c19-18-11-10-17(22-18)15-9-8-14(16-7-4-12-21-16)20(15)13-5-2-1-3-6-13/h1-12H. The number of halogens is 1. The quantitative estimate of drug-likeness (QED) is 0.324. The average molecular weight is 433 g/mol. The van der Waals surface area contributed by atoms with Crippen molar-refractivity contribution in [3.8, 4) is 26.8 Å². The summed E-state index contributed by atoms with van der Waals surface area (Å²) in [7, 11) is 0. The van der Waals surface area contributed by atoms with Gasteiger partial charge in [0.1, 0.15) is 0 Å². The average Bonchev–Trinajstić information content (AvgIpc) is 3.27. The molecule has 3 heterocycles. The molecule has 0 aliphatic carbocycles. The van der Waals surface area contributed by atoms with E-state index in [4.69, 9.17) is 0 Å². The Balaban J connectivity index is 1.97. The molecular weight excluding hydrogens is 421 g/mol. The van der Waals surface area contributed by atoms with Gasteiger partial charge in [-0.3, -0.25) is 0 Å². The summed E-state index contributed by atoms with van der Waals surface area (Å²) in [5.41, 5.74) is 3.71. The van der Waals surface area contributed by atoms with E-state index >= 15 is 0 Å². The molecule has 4 aromatic rings. The number of hydrogen-bond donors (Lipinski definition) is 0. The Morgan fingerprint density at radius 3 is 2.14 bits per heavy atom. The Morgan fingerprint density at radius 2 is 1.50 bits per heavy atom. The summed E-state index contributed by atoms with van der Waals surface area (Å²) in [5, 5.41) is 2.13. The van der Waals surface area contributed by atoms with E-state index in [0.29, 0.717) is 0 Å². The topological polar surface area (TPSA) is 4.93 Å². The van der Waals surface area contributed by atoms with Crippen LogP contribution in [0.15, 0.2) is 72.1 Å². The van der Waals surface area contributed by atoms with E-state index in [1.54, 1.807) is 11.3 Å². The molecule has 0 amide bonds. The van der Waals surface area contributed by atoms with Crippen LogP contribution in [-0.4, -0.2) is 4.57 Å². The molecule has 0 saturated carbocycles. The van der Waals surface area contributed by atoms with E-state index < -0.39 is 0 Å². The molecule has 1 aromatic carbocycles. The number of rotatable bonds is 3. The van der Waals surface area contributed by atoms with E-state index in [-0.39, 0.29) is 0 Å². The van der Waals surface area contributed by atoms with Gasteiger partial charge in [-0.15, -0.1) is 22.7 Å². The zero-order valence-corrected chi connectivity index (χ0v) is 15.4. The minimum atomic E-state index is 1.20. The lowest BCUT2D eigenvalue weighted by Gasteiger charge is -2.12. The van der Waals surface area contributed by atoms with Gasteiger partial charge in [-0.05, 0) is 70.4 Å². The van der Waals surface area contributed by atoms with Crippen molar-refractivity contribution in [2.45, 2.75) is 0 Å². The fourth-order valence-corrected chi connectivity index (χ4v) is 4.93. The van der Waals surface area contributed by atoms with Gasteiger partial charge in [0, 0.05) is 5.69 Å². The van der Waals surface area contributed by atoms with Crippen LogP contribution in [-0.2, 0) is 0 Å². The van der Waals surface area contributed by atoms with E-state index in [1.165, 1.54) is 29.7 Å². The molecule has 4 rings (SSSR count). The molecule has 4 heteroatoms. The summed E-state index contributed by atoms with van der Waals surface area (Å²) < 4.78 is 3.67. The van der Waals surface area contributed by atoms with Gasteiger partial charge in [-0.25, -0.2) is 0 Å². The molecule has 0 bridgehead atoms. The lowest BCUT2D eigenvalue weighted by atomic mass is 10.2. The number of hydrogen-bond acceptors (Lipinski definition) is 2. The van der Waals surface area contributed by atoms with Crippen molar-refractivity contribution in [1.82, 2.24) is 4.57 Å². The predicted molar refractivity (Wildman–Crippen MR) is 105 cm³/mol. The predicted octanol–water partition coefficient (Wildman–Crippen LogP) is 6.54. The molecule has 0 atom stereocenters. The van der Waals surface area contributed by atoms with Crippen molar-refractivity contribution in [3.05, 3.63) is 75.0 Å². The molecule has 0 N–H and O–H groups in total. The van der Waals surface area contributed by atoms with Gasteiger partial charge in [0.2, 0.25) is 0 Å². The van der Waals surface area contributed by atoms with Gasteiger partial charge >= 0.3 is 0 Å². The summed E-state index contributed by atoms with van der Waals surface area (Å²) in [4.78, 5) is 2.59. The molecule has 0 aliphatic heterocycles. The second kappa shape index (κ2) is 6.02. The number of benzene rings is 1. The fourth-order valence-electron chi connectivity index (χ4n) is 2.55. The molecular formula is C18H12INS2. The van der Waals surface area contributed by atoms with E-state index in [0.717, 1.165) is 0 Å². The van der Waals surface area contributed by atoms with Gasteiger partial charge in [0.15, 0.2) is 0 Å². The van der Waals surface area contributed by atoms with Gasteiger partial charge < -0.3 is 4.57 Å². The first-order chi connectivity index (χ1) is 10.8. The van der Waals surface area contributed by atoms with Crippen LogP contribution in [0, 0.1) is 2.88 Å². The van der Waals surface area contributed by atoms with Crippen molar-refractivity contribution in [1.29, 1.82) is 0 Å². The maximum absolute atomic E-state index is 2.38. The third-order valence-electron chi connectivity index (χ3n) is 3.49. The Morgan fingerprint density at radius 1 is 0.727 bits per heavy atom. The Labute approximate surface area is 151 Å². The van der Waals surface area contributed by atoms with Crippen LogP contribution in [0.5, 0.6) is 0 Å². The maximum atomic E-state index is 2.38. The van der Waals surface area contributed by atoms with Crippen LogP contribution in [0.2, 0.25) is 0 Å². The summed E-state index contributed by atoms with van der Waals surface area (Å²) in [6.07, 6.45) is 0. The van der Waals surface area contributed by atoms with Gasteiger partial charge in [-0.2, -0.15) is 0 Å². The molecule has 22 heavy (non-hydrogen) atoms. The van der Waals surface area contributed by atoms with Crippen molar-refractivity contribution in [2.75, 3.05) is 0 Å². The van der Waals surface area contributed by atoms with E-state index in [9.17, 15) is 0 Å². The van der Waals surface area contributed by atoms with Gasteiger partial charge in [0.05, 0.1) is 24.0 Å². The smallest absolute Gasteiger partial charge is 0.0660 e. The minimum Gasteiger partial charge on any atom is -0.308 e. The first-order valence-electron chi connectivity index (χ1n) is 6.90. The Bertz CT molecular complexity index is 888. The maximum Gasteiger partial charge on any atom is 0.0660 e. The monoisotopic (exact) mass is 433 g/mol. The van der Waals surface area contributed by atoms with Gasteiger partial charge in [-0.1, -0.05) is 24.3 Å². The fraction of sp³-hybridized carbons (Fsp3) is 0. The van der Waals surface area contributed by atoms with Crippen molar-refractivity contribution >= 4 is 45.3 Å². The highest BCUT2D eigenvalue weighted by molar-refractivity contribution is 14.1. The number of aromatic nitrogens is 1. The lowest BCUT2D eigenvalue weighted by molar-refractivity contribution is 1.10. The van der Waals surface area contributed by atoms with Crippen molar-refractivity contribution in [3.63, 3.8) is 0 Å². The zero-order chi connectivity index (χ0) is 14.9. The molecule has 0 fully saturated rings. The van der Waals surface area contributed by atoms with Crippen molar-refractivity contribution < 1.29 is 0 Å². The molecule has 3 aromatic heterocycles. The second-order valence-electron chi connectivity index (χ2n) is 4.86. The SMILES string of the molecule is Ic1ccc(-c2ccc(-c3cccs3)n2-c2ccccc2)s1. The summed E-state index contributed by atoms with van der Waals surface area (Å²) in [6, 6.07) is 23.7. The van der Waals surface area contributed by atoms with Crippen LogP contribution in [0.25, 0.3) is 26.8 Å². The first kappa shape index (κ1) is 14.2. The van der Waals surface area contributed by atoms with E-state index in [1.807, 2.05) is 11.3 Å². The highest BCUT2D eigenvalue weighted by Gasteiger charge is 2.15. The molecule has 0 aliphatic rings. The van der Waals surface area contributed by atoms with Crippen LogP contribution in [0.4, 0.5) is 0 Å². The van der Waals surface area contributed by atoms with Crippen LogP contribution in [0.1, 0.15) is 0 Å². The van der Waals surface area contributed by atoms with Crippen molar-refractivity contribution in [2.24, 2.45) is 0 Å². The normalized spacial score (nSPS) is 11.0. The Kier molecular flexibility index (Phi) is 3.90. The molecule has 0 unspecified atom stereocenters. The molecule has 0 radical (unpaired) electrons. The number of para-hydroxylation sites is 1. The third kappa shape index (κ3) is 2.55. The lowest BCUT2D eigenvalue weighted by Crippen LogP contribution is -1.97. The number of thiophene rings is 2. The third-order valence-corrected chi connectivity index (χ3v) is 6.30. The zero-order valence-electron chi connectivity index (χ0n) is 11.6. The van der Waals surface area contributed by atoms with E-state index in [2.05, 4.69) is 99.3 Å². The summed E-state index contributed by atoms with van der Waals surface area (Å²) in [5.74, 6) is 0. The summed E-state index contributed by atoms with van der Waals surface area (Å²) in [6.45, 7) is 0. The second-order valence-corrected chi connectivity index (χ2v) is 8.78. The number of nitrogens with zero attached hydrogens (tertiary/aromatic N) is 1. The summed E-state index contributed by atoms with van der Waals surface area (Å²) >= 11 is 5.99. The Hall–Kier alpha value is -1.37. The molecule has 108 valence electrons. The minimum absolute atomic E-state index is 1.20. The van der Waals surface area contributed by atoms with Gasteiger partial charge in [0.25, 0.3) is 0 Å².